The molecule has 1 aromatic rings. The molecule has 1 atom stereocenters. The number of methoxy groups -OCH3 is 1. The Bertz CT molecular complexity index is 890. The predicted molar refractivity (Wildman–Crippen MR) is 80.8 cm³/mol. The van der Waals surface area contributed by atoms with E-state index in [0.29, 0.717) is 5.56 Å². The molecule has 9 heteroatoms. The minimum absolute atomic E-state index is 0.0204. The number of carbonyl (C=O) groups is 5. The number of fused-ring (bicyclic) bond motifs is 2. The van der Waals surface area contributed by atoms with Crippen LogP contribution in [0.3, 0.4) is 0 Å². The summed E-state index contributed by atoms with van der Waals surface area (Å²) < 4.78 is 5.25. The molecule has 2 N–H and O–H groups in total. The van der Waals surface area contributed by atoms with Crippen LogP contribution in [-0.4, -0.2) is 47.6 Å². The highest BCUT2D eigenvalue weighted by molar-refractivity contribution is 6.26. The fourth-order valence-corrected chi connectivity index (χ4v) is 3.50. The van der Waals surface area contributed by atoms with Crippen LogP contribution < -0.4 is 15.4 Å². The smallest absolute Gasteiger partial charge is 0.266 e. The first kappa shape index (κ1) is 15.3. The van der Waals surface area contributed by atoms with Gasteiger partial charge >= 0.3 is 0 Å². The molecule has 5 amide bonds. The van der Waals surface area contributed by atoms with Gasteiger partial charge in [-0.25, -0.2) is 0 Å². The number of imide groups is 2. The molecular formula is C16H13N3O6. The van der Waals surface area contributed by atoms with Crippen LogP contribution in [-0.2, 0) is 16.1 Å². The number of hydrogen-bond donors (Lipinski definition) is 2. The Kier molecular flexibility index (Phi) is 3.14. The Morgan fingerprint density at radius 2 is 1.88 bits per heavy atom. The largest absolute Gasteiger partial charge is 0.495 e. The van der Waals surface area contributed by atoms with Crippen LogP contribution in [0.15, 0.2) is 6.07 Å². The van der Waals surface area contributed by atoms with Crippen molar-refractivity contribution in [1.29, 1.82) is 0 Å². The molecular weight excluding hydrogens is 330 g/mol. The highest BCUT2D eigenvalue weighted by Crippen LogP contribution is 2.39. The molecule has 1 saturated heterocycles. The van der Waals surface area contributed by atoms with Crippen molar-refractivity contribution in [3.05, 3.63) is 28.3 Å². The van der Waals surface area contributed by atoms with Crippen LogP contribution >= 0.6 is 0 Å². The van der Waals surface area contributed by atoms with Gasteiger partial charge in [0.15, 0.2) is 0 Å². The number of carbonyl (C=O) groups excluding carboxylic acids is 5. The molecule has 0 aromatic heterocycles. The van der Waals surface area contributed by atoms with Gasteiger partial charge in [0.05, 0.1) is 23.8 Å². The zero-order chi connectivity index (χ0) is 17.9. The molecule has 3 aliphatic rings. The first-order valence-corrected chi connectivity index (χ1v) is 7.67. The van der Waals surface area contributed by atoms with Crippen LogP contribution in [0.2, 0.25) is 0 Å². The fourth-order valence-electron chi connectivity index (χ4n) is 3.50. The number of hydrogen-bond acceptors (Lipinski definition) is 6. The van der Waals surface area contributed by atoms with Crippen molar-refractivity contribution in [1.82, 2.24) is 15.5 Å². The second-order valence-corrected chi connectivity index (χ2v) is 6.00. The topological polar surface area (TPSA) is 122 Å². The molecule has 0 radical (unpaired) electrons. The summed E-state index contributed by atoms with van der Waals surface area (Å²) in [4.78, 5) is 61.8. The van der Waals surface area contributed by atoms with Gasteiger partial charge in [0, 0.05) is 13.0 Å². The second kappa shape index (κ2) is 5.13. The summed E-state index contributed by atoms with van der Waals surface area (Å²) in [7, 11) is 1.31. The fraction of sp³-hybridized carbons (Fsp3) is 0.312. The van der Waals surface area contributed by atoms with Gasteiger partial charge in [-0.1, -0.05) is 0 Å². The van der Waals surface area contributed by atoms with E-state index >= 15 is 0 Å². The first-order valence-electron chi connectivity index (χ1n) is 7.67. The maximum absolute atomic E-state index is 12.8. The van der Waals surface area contributed by atoms with E-state index in [-0.39, 0.29) is 47.7 Å². The SMILES string of the molecule is COc1c2c(cc3c1C(=O)N(C1CCC(=O)NC1=O)C3=O)CNC2=O. The molecule has 0 saturated carbocycles. The summed E-state index contributed by atoms with van der Waals surface area (Å²) in [6.45, 7) is 0.234. The Morgan fingerprint density at radius 1 is 1.12 bits per heavy atom. The van der Waals surface area contributed by atoms with E-state index < -0.39 is 29.7 Å². The van der Waals surface area contributed by atoms with Crippen LogP contribution in [0.4, 0.5) is 0 Å². The van der Waals surface area contributed by atoms with Gasteiger partial charge in [-0.2, -0.15) is 0 Å². The summed E-state index contributed by atoms with van der Waals surface area (Å²) >= 11 is 0. The van der Waals surface area contributed by atoms with Crippen molar-refractivity contribution < 1.29 is 28.7 Å². The molecule has 128 valence electrons. The number of ether oxygens (including phenoxy) is 1. The molecule has 4 rings (SSSR count). The van der Waals surface area contributed by atoms with Gasteiger partial charge in [-0.15, -0.1) is 0 Å². The average molecular weight is 343 g/mol. The predicted octanol–water partition coefficient (Wildman–Crippen LogP) is -0.660. The zero-order valence-electron chi connectivity index (χ0n) is 13.2. The standard InChI is InChI=1S/C16H13N3O6/c1-25-12-10-6(5-17-14(10)22)4-7-11(12)16(24)19(15(7)23)8-2-3-9(20)18-13(8)21/h4,8H,2-3,5H2,1H3,(H,17,22)(H,18,20,21). The van der Waals surface area contributed by atoms with Crippen LogP contribution in [0.25, 0.3) is 0 Å². The number of amides is 5. The third-order valence-corrected chi connectivity index (χ3v) is 4.64. The van der Waals surface area contributed by atoms with Gasteiger partial charge < -0.3 is 10.1 Å². The van der Waals surface area contributed by atoms with Gasteiger partial charge in [-0.05, 0) is 18.1 Å². The normalized spacial score (nSPS) is 21.9. The second-order valence-electron chi connectivity index (χ2n) is 6.00. The van der Waals surface area contributed by atoms with Crippen molar-refractivity contribution in [3.63, 3.8) is 0 Å². The maximum atomic E-state index is 12.8. The molecule has 0 aliphatic carbocycles. The van der Waals surface area contributed by atoms with Gasteiger partial charge in [0.2, 0.25) is 11.8 Å². The van der Waals surface area contributed by atoms with Crippen molar-refractivity contribution in [3.8, 4) is 5.75 Å². The van der Waals surface area contributed by atoms with E-state index in [2.05, 4.69) is 10.6 Å². The maximum Gasteiger partial charge on any atom is 0.266 e. The van der Waals surface area contributed by atoms with Crippen LogP contribution in [0, 0.1) is 0 Å². The number of nitrogens with zero attached hydrogens (tertiary/aromatic N) is 1. The molecule has 1 aromatic carbocycles. The first-order chi connectivity index (χ1) is 11.9. The molecule has 3 heterocycles. The average Bonchev–Trinajstić information content (AvgIpc) is 3.06. The number of benzene rings is 1. The summed E-state index contributed by atoms with van der Waals surface area (Å²) in [5.41, 5.74) is 0.870. The number of rotatable bonds is 2. The lowest BCUT2D eigenvalue weighted by Crippen LogP contribution is -2.54. The van der Waals surface area contributed by atoms with E-state index in [4.69, 9.17) is 4.74 Å². The van der Waals surface area contributed by atoms with E-state index in [9.17, 15) is 24.0 Å². The number of piperidine rings is 1. The lowest BCUT2D eigenvalue weighted by Gasteiger charge is -2.27. The monoisotopic (exact) mass is 343 g/mol. The molecule has 0 bridgehead atoms. The Hall–Kier alpha value is -3.23. The van der Waals surface area contributed by atoms with E-state index in [0.717, 1.165) is 4.90 Å². The third kappa shape index (κ3) is 1.98. The number of nitrogens with one attached hydrogen (secondary N) is 2. The van der Waals surface area contributed by atoms with Gasteiger partial charge in [-0.3, -0.25) is 34.2 Å². The molecule has 0 spiro atoms. The van der Waals surface area contributed by atoms with Gasteiger partial charge in [0.1, 0.15) is 11.8 Å². The van der Waals surface area contributed by atoms with E-state index in [1.165, 1.54) is 13.2 Å². The third-order valence-electron chi connectivity index (χ3n) is 4.64. The van der Waals surface area contributed by atoms with Crippen molar-refractivity contribution >= 4 is 29.5 Å². The summed E-state index contributed by atoms with van der Waals surface area (Å²) in [6, 6.07) is 0.426. The molecule has 1 fully saturated rings. The van der Waals surface area contributed by atoms with Crippen LogP contribution in [0.5, 0.6) is 5.75 Å². The molecule has 1 unspecified atom stereocenters. The Balaban J connectivity index is 1.82. The van der Waals surface area contributed by atoms with E-state index in [1.807, 2.05) is 0 Å². The van der Waals surface area contributed by atoms with Crippen LogP contribution in [0.1, 0.15) is 49.5 Å². The molecule has 25 heavy (non-hydrogen) atoms. The minimum atomic E-state index is -1.06. The summed E-state index contributed by atoms with van der Waals surface area (Å²) in [5.74, 6) is -2.80. The highest BCUT2D eigenvalue weighted by atomic mass is 16.5. The summed E-state index contributed by atoms with van der Waals surface area (Å²) in [5, 5.41) is 4.76. The Labute approximate surface area is 141 Å². The quantitative estimate of drug-likeness (QED) is 0.688. The van der Waals surface area contributed by atoms with Crippen molar-refractivity contribution in [2.24, 2.45) is 0 Å². The lowest BCUT2D eigenvalue weighted by molar-refractivity contribution is -0.136. The molecule has 3 aliphatic heterocycles. The highest BCUT2D eigenvalue weighted by Gasteiger charge is 2.47. The summed E-state index contributed by atoms with van der Waals surface area (Å²) in [6.07, 6.45) is 0.110. The molecule has 9 nitrogen and oxygen atoms in total. The van der Waals surface area contributed by atoms with Gasteiger partial charge in [0.25, 0.3) is 17.7 Å². The van der Waals surface area contributed by atoms with Crippen molar-refractivity contribution in [2.45, 2.75) is 25.4 Å². The minimum Gasteiger partial charge on any atom is -0.495 e. The Morgan fingerprint density at radius 3 is 2.56 bits per heavy atom. The van der Waals surface area contributed by atoms with Crippen molar-refractivity contribution in [2.75, 3.05) is 7.11 Å². The van der Waals surface area contributed by atoms with E-state index in [1.54, 1.807) is 0 Å². The zero-order valence-corrected chi connectivity index (χ0v) is 13.2. The lowest BCUT2D eigenvalue weighted by atomic mass is 9.99.